The number of hydrogen-bond donors (Lipinski definition) is 1. The second-order valence-electron chi connectivity index (χ2n) is 2.47. The summed E-state index contributed by atoms with van der Waals surface area (Å²) in [6.07, 6.45) is 3.49. The van der Waals surface area contributed by atoms with E-state index in [1.807, 2.05) is 13.0 Å². The van der Waals surface area contributed by atoms with Crippen LogP contribution in [0.3, 0.4) is 0 Å². The Morgan fingerprint density at radius 3 is 3.09 bits per heavy atom. The van der Waals surface area contributed by atoms with E-state index in [9.17, 15) is 0 Å². The summed E-state index contributed by atoms with van der Waals surface area (Å²) in [7, 11) is 0. The molecule has 0 amide bonds. The summed E-state index contributed by atoms with van der Waals surface area (Å²) in [5.41, 5.74) is 1.85. The van der Waals surface area contributed by atoms with Gasteiger partial charge in [-0.25, -0.2) is 4.98 Å². The van der Waals surface area contributed by atoms with Crippen LogP contribution >= 0.6 is 0 Å². The molecule has 0 saturated carbocycles. The summed E-state index contributed by atoms with van der Waals surface area (Å²) in [6, 6.07) is 1.93. The molecule has 0 aromatic carbocycles. The predicted molar refractivity (Wildman–Crippen MR) is 42.4 cm³/mol. The van der Waals surface area contributed by atoms with Crippen LogP contribution in [-0.4, -0.2) is 14.9 Å². The third kappa shape index (κ3) is 0.832. The van der Waals surface area contributed by atoms with Crippen molar-refractivity contribution in [2.45, 2.75) is 6.92 Å². The van der Waals surface area contributed by atoms with E-state index in [-0.39, 0.29) is 0 Å². The highest BCUT2D eigenvalue weighted by Gasteiger charge is 2.00. The molecule has 0 saturated heterocycles. The van der Waals surface area contributed by atoms with Crippen molar-refractivity contribution in [2.24, 2.45) is 0 Å². The van der Waals surface area contributed by atoms with Gasteiger partial charge in [-0.1, -0.05) is 0 Å². The lowest BCUT2D eigenvalue weighted by Gasteiger charge is -1.89. The van der Waals surface area contributed by atoms with Gasteiger partial charge in [-0.3, -0.25) is 0 Å². The quantitative estimate of drug-likeness (QED) is 0.552. The molecule has 0 spiro atoms. The number of hydrogen-bond acceptors (Lipinski definition) is 3. The zero-order chi connectivity index (χ0) is 7.84. The Balaban J connectivity index is 2.90. The average Bonchev–Trinajstić information content (AvgIpc) is 2.31. The zero-order valence-corrected chi connectivity index (χ0v) is 6.15. The topological polar surface area (TPSA) is 56.7 Å². The number of nitrogens with zero attached hydrogens (tertiary/aromatic N) is 3. The van der Waals surface area contributed by atoms with Crippen LogP contribution in [-0.2, 0) is 0 Å². The molecule has 0 aliphatic rings. The first-order chi connectivity index (χ1) is 5.27. The van der Waals surface area contributed by atoms with Crippen molar-refractivity contribution in [3.63, 3.8) is 0 Å². The number of pyridine rings is 1. The molecule has 2 heterocycles. The summed E-state index contributed by atoms with van der Waals surface area (Å²) < 4.78 is 0. The molecule has 0 fully saturated rings. The second kappa shape index (κ2) is 1.95. The van der Waals surface area contributed by atoms with Gasteiger partial charge in [0.2, 0.25) is 0 Å². The number of nitrogens with two attached hydrogens (primary N) is 1. The smallest absolute Gasteiger partial charge is 0.183 e. The minimum Gasteiger partial charge on any atom is -0.323 e. The van der Waals surface area contributed by atoms with Crippen molar-refractivity contribution in [2.75, 3.05) is 5.84 Å². The van der Waals surface area contributed by atoms with E-state index in [1.165, 1.54) is 4.79 Å². The van der Waals surface area contributed by atoms with Crippen LogP contribution in [0.4, 0.5) is 0 Å². The van der Waals surface area contributed by atoms with Crippen molar-refractivity contribution in [3.05, 3.63) is 24.0 Å². The molecule has 11 heavy (non-hydrogen) atoms. The van der Waals surface area contributed by atoms with Crippen LogP contribution in [0.1, 0.15) is 5.56 Å². The summed E-state index contributed by atoms with van der Waals surface area (Å²) in [4.78, 5) is 5.33. The Labute approximate surface area is 63.6 Å². The largest absolute Gasteiger partial charge is 0.323 e. The lowest BCUT2D eigenvalue weighted by Crippen LogP contribution is -2.07. The molecule has 0 aliphatic heterocycles. The Kier molecular flexibility index (Phi) is 1.09. The maximum absolute atomic E-state index is 5.42. The summed E-state index contributed by atoms with van der Waals surface area (Å²) in [6.45, 7) is 2.01. The van der Waals surface area contributed by atoms with E-state index >= 15 is 0 Å². The maximum atomic E-state index is 5.42. The number of rotatable bonds is 0. The fourth-order valence-electron chi connectivity index (χ4n) is 1.07. The molecule has 56 valence electrons. The van der Waals surface area contributed by atoms with Gasteiger partial charge >= 0.3 is 0 Å². The third-order valence-electron chi connectivity index (χ3n) is 1.66. The number of aryl methyl sites for hydroxylation is 1. The van der Waals surface area contributed by atoms with Crippen molar-refractivity contribution in [3.8, 4) is 0 Å². The third-order valence-corrected chi connectivity index (χ3v) is 1.66. The number of aromatic nitrogens is 3. The van der Waals surface area contributed by atoms with Gasteiger partial charge in [0.1, 0.15) is 0 Å². The first-order valence-corrected chi connectivity index (χ1v) is 3.33. The van der Waals surface area contributed by atoms with Crippen LogP contribution in [0.25, 0.3) is 11.0 Å². The number of fused-ring (bicyclic) bond motifs is 1. The van der Waals surface area contributed by atoms with Gasteiger partial charge in [0.15, 0.2) is 5.65 Å². The van der Waals surface area contributed by atoms with Crippen LogP contribution in [0.5, 0.6) is 0 Å². The molecule has 4 nitrogen and oxygen atoms in total. The van der Waals surface area contributed by atoms with E-state index in [0.717, 1.165) is 10.9 Å². The Morgan fingerprint density at radius 1 is 1.55 bits per heavy atom. The van der Waals surface area contributed by atoms with E-state index in [2.05, 4.69) is 10.1 Å². The minimum absolute atomic E-state index is 0.701. The molecule has 2 rings (SSSR count). The maximum Gasteiger partial charge on any atom is 0.183 e. The molecule has 2 N–H and O–H groups in total. The van der Waals surface area contributed by atoms with Crippen molar-refractivity contribution in [1.29, 1.82) is 0 Å². The molecule has 4 heteroatoms. The Hall–Kier alpha value is -1.58. The Bertz CT molecular complexity index is 390. The monoisotopic (exact) mass is 148 g/mol. The van der Waals surface area contributed by atoms with Gasteiger partial charge < -0.3 is 5.84 Å². The van der Waals surface area contributed by atoms with Crippen molar-refractivity contribution in [1.82, 2.24) is 14.9 Å². The first-order valence-electron chi connectivity index (χ1n) is 3.33. The van der Waals surface area contributed by atoms with Gasteiger partial charge in [-0.05, 0) is 18.6 Å². The lowest BCUT2D eigenvalue weighted by molar-refractivity contribution is 0.841. The van der Waals surface area contributed by atoms with Crippen LogP contribution < -0.4 is 5.84 Å². The van der Waals surface area contributed by atoms with Gasteiger partial charge in [0.05, 0.1) is 6.20 Å². The Morgan fingerprint density at radius 2 is 2.36 bits per heavy atom. The first kappa shape index (κ1) is 6.15. The number of nitrogen functional groups attached to an aromatic ring is 1. The van der Waals surface area contributed by atoms with Crippen LogP contribution in [0, 0.1) is 6.92 Å². The van der Waals surface area contributed by atoms with E-state index in [1.54, 1.807) is 12.4 Å². The molecule has 2 aromatic rings. The van der Waals surface area contributed by atoms with Gasteiger partial charge in [-0.2, -0.15) is 4.79 Å². The second-order valence-corrected chi connectivity index (χ2v) is 2.47. The highest BCUT2D eigenvalue weighted by molar-refractivity contribution is 5.77. The van der Waals surface area contributed by atoms with Gasteiger partial charge in [0.25, 0.3) is 0 Å². The van der Waals surface area contributed by atoms with Gasteiger partial charge in [-0.15, -0.1) is 5.10 Å². The molecule has 0 radical (unpaired) electrons. The predicted octanol–water partition coefficient (Wildman–Crippen LogP) is 0.454. The standard InChI is InChI=1S/C7H8N4/c1-5-2-3-9-7-6(5)4-11(8)10-7/h2-4H,8H2,1H3. The van der Waals surface area contributed by atoms with E-state index in [0.29, 0.717) is 5.65 Å². The summed E-state index contributed by atoms with van der Waals surface area (Å²) >= 11 is 0. The normalized spacial score (nSPS) is 10.6. The molecule has 0 unspecified atom stereocenters. The SMILES string of the molecule is Cc1ccnc2nn(N)cc12. The van der Waals surface area contributed by atoms with E-state index in [4.69, 9.17) is 5.84 Å². The lowest BCUT2D eigenvalue weighted by atomic mass is 10.2. The average molecular weight is 148 g/mol. The van der Waals surface area contributed by atoms with Crippen molar-refractivity contribution >= 4 is 11.0 Å². The van der Waals surface area contributed by atoms with Gasteiger partial charge in [0, 0.05) is 11.6 Å². The molecular formula is C7H8N4. The molecule has 0 aliphatic carbocycles. The highest BCUT2D eigenvalue weighted by Crippen LogP contribution is 2.11. The van der Waals surface area contributed by atoms with Crippen LogP contribution in [0.15, 0.2) is 18.5 Å². The zero-order valence-electron chi connectivity index (χ0n) is 6.15. The molecular weight excluding hydrogens is 140 g/mol. The van der Waals surface area contributed by atoms with Crippen LogP contribution in [0.2, 0.25) is 0 Å². The fourth-order valence-corrected chi connectivity index (χ4v) is 1.07. The molecule has 0 bridgehead atoms. The highest BCUT2D eigenvalue weighted by atomic mass is 15.5. The van der Waals surface area contributed by atoms with Crippen molar-refractivity contribution < 1.29 is 0 Å². The summed E-state index contributed by atoms with van der Waals surface area (Å²) in [5, 5.41) is 4.97. The summed E-state index contributed by atoms with van der Waals surface area (Å²) in [5.74, 6) is 5.42. The fraction of sp³-hybridized carbons (Fsp3) is 0.143. The van der Waals surface area contributed by atoms with E-state index < -0.39 is 0 Å². The molecule has 0 atom stereocenters. The molecule has 2 aromatic heterocycles. The minimum atomic E-state index is 0.701.